The number of hydrogen-bond acceptors (Lipinski definition) is 4. The first-order valence-corrected chi connectivity index (χ1v) is 8.16. The Labute approximate surface area is 135 Å². The van der Waals surface area contributed by atoms with Crippen molar-refractivity contribution in [1.29, 1.82) is 0 Å². The molecule has 1 aromatic heterocycles. The molecule has 1 heterocycles. The van der Waals surface area contributed by atoms with E-state index in [1.54, 1.807) is 24.3 Å². The number of nitrogens with one attached hydrogen (secondary N) is 1. The van der Waals surface area contributed by atoms with Gasteiger partial charge in [0, 0.05) is 15.9 Å². The molecule has 2 rings (SSSR count). The zero-order valence-electron chi connectivity index (χ0n) is 11.4. The second kappa shape index (κ2) is 7.68. The van der Waals surface area contributed by atoms with Gasteiger partial charge >= 0.3 is 5.97 Å². The third-order valence-electron chi connectivity index (χ3n) is 2.85. The lowest BCUT2D eigenvalue weighted by molar-refractivity contribution is -0.145. The summed E-state index contributed by atoms with van der Waals surface area (Å²) in [5.41, 5.74) is 0.532. The molecule has 0 aliphatic carbocycles. The third-order valence-corrected chi connectivity index (χ3v) is 4.45. The summed E-state index contributed by atoms with van der Waals surface area (Å²) < 4.78 is 19.2. The number of benzene rings is 1. The quantitative estimate of drug-likeness (QED) is 0.778. The Kier molecular flexibility index (Phi) is 5.90. The molecule has 0 aliphatic rings. The van der Waals surface area contributed by atoms with Gasteiger partial charge < -0.3 is 4.74 Å². The van der Waals surface area contributed by atoms with Crippen LogP contribution in [0.4, 0.5) is 4.39 Å². The lowest BCUT2D eigenvalue weighted by Crippen LogP contribution is -2.30. The highest BCUT2D eigenvalue weighted by molar-refractivity contribution is 9.10. The van der Waals surface area contributed by atoms with Crippen molar-refractivity contribution in [2.45, 2.75) is 19.5 Å². The summed E-state index contributed by atoms with van der Waals surface area (Å²) in [4.78, 5) is 13.2. The molecule has 1 unspecified atom stereocenters. The zero-order chi connectivity index (χ0) is 15.2. The van der Waals surface area contributed by atoms with Gasteiger partial charge in [-0.2, -0.15) is 0 Å². The normalized spacial score (nSPS) is 12.1. The Morgan fingerprint density at radius 1 is 1.48 bits per heavy atom. The molecular formula is C15H15BrFNO2S. The first kappa shape index (κ1) is 16.1. The fourth-order valence-corrected chi connectivity index (χ4v) is 3.03. The summed E-state index contributed by atoms with van der Waals surface area (Å²) in [7, 11) is 0. The predicted molar refractivity (Wildman–Crippen MR) is 84.6 cm³/mol. The maximum Gasteiger partial charge on any atom is 0.327 e. The molecule has 3 nitrogen and oxygen atoms in total. The molecule has 112 valence electrons. The number of carbonyl (C=O) groups is 1. The van der Waals surface area contributed by atoms with E-state index >= 15 is 0 Å². The molecule has 0 fully saturated rings. The standard InChI is InChI=1S/C15H15BrFNO2S/c1-2-20-15(19)14(18-9-11-4-3-7-21-11)12-8-10(17)5-6-13(12)16/h3-8,14,18H,2,9H2,1H3. The van der Waals surface area contributed by atoms with Crippen molar-refractivity contribution in [3.8, 4) is 0 Å². The molecule has 0 radical (unpaired) electrons. The molecule has 1 atom stereocenters. The van der Waals surface area contributed by atoms with Gasteiger partial charge in [0.2, 0.25) is 0 Å². The third kappa shape index (κ3) is 4.36. The van der Waals surface area contributed by atoms with Crippen LogP contribution in [0.25, 0.3) is 0 Å². The Morgan fingerprint density at radius 3 is 2.95 bits per heavy atom. The van der Waals surface area contributed by atoms with Gasteiger partial charge in [-0.15, -0.1) is 11.3 Å². The Bertz CT molecular complexity index is 604. The Balaban J connectivity index is 2.22. The van der Waals surface area contributed by atoms with Crippen LogP contribution in [0.15, 0.2) is 40.2 Å². The molecule has 0 spiro atoms. The number of ether oxygens (including phenoxy) is 1. The van der Waals surface area contributed by atoms with Crippen molar-refractivity contribution in [3.05, 3.63) is 56.4 Å². The van der Waals surface area contributed by atoms with E-state index in [0.717, 1.165) is 4.88 Å². The van der Waals surface area contributed by atoms with Gasteiger partial charge in [-0.05, 0) is 42.1 Å². The van der Waals surface area contributed by atoms with Crippen LogP contribution in [0.3, 0.4) is 0 Å². The van der Waals surface area contributed by atoms with Crippen LogP contribution in [-0.2, 0) is 16.1 Å². The first-order valence-electron chi connectivity index (χ1n) is 6.49. The molecule has 0 aliphatic heterocycles. The summed E-state index contributed by atoms with van der Waals surface area (Å²) in [6.07, 6.45) is 0. The van der Waals surface area contributed by atoms with Gasteiger partial charge in [-0.1, -0.05) is 22.0 Å². The number of carbonyl (C=O) groups excluding carboxylic acids is 1. The minimum Gasteiger partial charge on any atom is -0.465 e. The SMILES string of the molecule is CCOC(=O)C(NCc1cccs1)c1cc(F)ccc1Br. The molecule has 1 aromatic carbocycles. The van der Waals surface area contributed by atoms with Crippen molar-refractivity contribution in [2.75, 3.05) is 6.61 Å². The van der Waals surface area contributed by atoms with Crippen LogP contribution >= 0.6 is 27.3 Å². The monoisotopic (exact) mass is 371 g/mol. The summed E-state index contributed by atoms with van der Waals surface area (Å²) in [6.45, 7) is 2.54. The van der Waals surface area contributed by atoms with Gasteiger partial charge in [0.25, 0.3) is 0 Å². The average molecular weight is 372 g/mol. The molecule has 0 saturated heterocycles. The van der Waals surface area contributed by atoms with Crippen molar-refractivity contribution >= 4 is 33.2 Å². The van der Waals surface area contributed by atoms with E-state index < -0.39 is 12.0 Å². The van der Waals surface area contributed by atoms with Crippen molar-refractivity contribution in [2.24, 2.45) is 0 Å². The molecule has 0 amide bonds. The second-order valence-electron chi connectivity index (χ2n) is 4.31. The van der Waals surface area contributed by atoms with Gasteiger partial charge in [-0.25, -0.2) is 9.18 Å². The van der Waals surface area contributed by atoms with E-state index in [2.05, 4.69) is 21.2 Å². The van der Waals surface area contributed by atoms with Gasteiger partial charge in [-0.3, -0.25) is 5.32 Å². The zero-order valence-corrected chi connectivity index (χ0v) is 13.8. The highest BCUT2D eigenvalue weighted by Crippen LogP contribution is 2.26. The molecule has 2 aromatic rings. The van der Waals surface area contributed by atoms with E-state index in [4.69, 9.17) is 4.74 Å². The first-order chi connectivity index (χ1) is 10.1. The van der Waals surface area contributed by atoms with E-state index in [0.29, 0.717) is 16.6 Å². The maximum atomic E-state index is 13.5. The summed E-state index contributed by atoms with van der Waals surface area (Å²) >= 11 is 4.95. The fourth-order valence-electron chi connectivity index (χ4n) is 1.90. The van der Waals surface area contributed by atoms with Crippen LogP contribution in [0.1, 0.15) is 23.4 Å². The minimum absolute atomic E-state index is 0.281. The van der Waals surface area contributed by atoms with Crippen LogP contribution in [0.5, 0.6) is 0 Å². The summed E-state index contributed by atoms with van der Waals surface area (Å²) in [6, 6.07) is 7.48. The largest absolute Gasteiger partial charge is 0.465 e. The van der Waals surface area contributed by atoms with Crippen molar-refractivity contribution < 1.29 is 13.9 Å². The van der Waals surface area contributed by atoms with Crippen LogP contribution in [0, 0.1) is 5.82 Å². The molecule has 21 heavy (non-hydrogen) atoms. The number of esters is 1. The van der Waals surface area contributed by atoms with Gasteiger partial charge in [0.15, 0.2) is 0 Å². The van der Waals surface area contributed by atoms with E-state index in [9.17, 15) is 9.18 Å². The Morgan fingerprint density at radius 2 is 2.29 bits per heavy atom. The Hall–Kier alpha value is -1.24. The molecular weight excluding hydrogens is 357 g/mol. The van der Waals surface area contributed by atoms with Gasteiger partial charge in [0.05, 0.1) is 6.61 Å². The number of thiophene rings is 1. The maximum absolute atomic E-state index is 13.5. The minimum atomic E-state index is -0.711. The molecule has 6 heteroatoms. The van der Waals surface area contributed by atoms with E-state index in [-0.39, 0.29) is 12.4 Å². The fraction of sp³-hybridized carbons (Fsp3) is 0.267. The average Bonchev–Trinajstić information content (AvgIpc) is 2.96. The number of rotatable bonds is 6. The van der Waals surface area contributed by atoms with E-state index in [1.807, 2.05) is 17.5 Å². The van der Waals surface area contributed by atoms with Gasteiger partial charge in [0.1, 0.15) is 11.9 Å². The summed E-state index contributed by atoms with van der Waals surface area (Å²) in [5, 5.41) is 5.10. The second-order valence-corrected chi connectivity index (χ2v) is 6.20. The summed E-state index contributed by atoms with van der Waals surface area (Å²) in [5.74, 6) is -0.805. The topological polar surface area (TPSA) is 38.3 Å². The number of halogens is 2. The highest BCUT2D eigenvalue weighted by Gasteiger charge is 2.24. The van der Waals surface area contributed by atoms with Crippen LogP contribution in [-0.4, -0.2) is 12.6 Å². The number of hydrogen-bond donors (Lipinski definition) is 1. The van der Waals surface area contributed by atoms with Crippen molar-refractivity contribution in [1.82, 2.24) is 5.32 Å². The highest BCUT2D eigenvalue weighted by atomic mass is 79.9. The van der Waals surface area contributed by atoms with Crippen molar-refractivity contribution in [3.63, 3.8) is 0 Å². The lowest BCUT2D eigenvalue weighted by Gasteiger charge is -2.18. The predicted octanol–water partition coefficient (Wildman–Crippen LogP) is 4.04. The molecule has 1 N–H and O–H groups in total. The van der Waals surface area contributed by atoms with Crippen LogP contribution in [0.2, 0.25) is 0 Å². The smallest absolute Gasteiger partial charge is 0.327 e. The lowest BCUT2D eigenvalue weighted by atomic mass is 10.1. The van der Waals surface area contributed by atoms with Crippen LogP contribution < -0.4 is 5.32 Å². The molecule has 0 saturated carbocycles. The molecule has 0 bridgehead atoms. The van der Waals surface area contributed by atoms with E-state index in [1.165, 1.54) is 12.1 Å².